The molecule has 0 saturated carbocycles. The van der Waals surface area contributed by atoms with Crippen molar-refractivity contribution in [2.45, 2.75) is 6.92 Å². The standard InChI is InChI=1S/C7H9NO/c1-6(2)4-5-7(3)8-9/h4-5H,1,3H2,2H3/b5-4-. The van der Waals surface area contributed by atoms with Crippen LogP contribution < -0.4 is 0 Å². The number of rotatable bonds is 3. The van der Waals surface area contributed by atoms with Gasteiger partial charge in [0.05, 0.1) is 0 Å². The highest BCUT2D eigenvalue weighted by Gasteiger charge is 1.80. The Morgan fingerprint density at radius 1 is 1.44 bits per heavy atom. The maximum absolute atomic E-state index is 9.69. The zero-order valence-electron chi connectivity index (χ0n) is 5.42. The van der Waals surface area contributed by atoms with E-state index in [1.165, 1.54) is 6.08 Å². The molecule has 0 fully saturated rings. The van der Waals surface area contributed by atoms with Crippen LogP contribution in [0.1, 0.15) is 6.92 Å². The first kappa shape index (κ1) is 7.82. The van der Waals surface area contributed by atoms with Crippen LogP contribution in [0.4, 0.5) is 0 Å². The molecule has 0 heterocycles. The van der Waals surface area contributed by atoms with Gasteiger partial charge in [0, 0.05) is 0 Å². The molecule has 2 nitrogen and oxygen atoms in total. The minimum atomic E-state index is 0.220. The fourth-order valence-corrected chi connectivity index (χ4v) is 0.269. The van der Waals surface area contributed by atoms with Crippen LogP contribution in [0.25, 0.3) is 0 Å². The second kappa shape index (κ2) is 3.78. The summed E-state index contributed by atoms with van der Waals surface area (Å²) in [6.45, 7) is 8.76. The Balaban J connectivity index is 3.85. The van der Waals surface area contributed by atoms with Crippen LogP contribution in [-0.4, -0.2) is 0 Å². The molecule has 0 rings (SSSR count). The molecule has 0 N–H and O–H groups in total. The molecule has 2 heteroatoms. The van der Waals surface area contributed by atoms with Crippen molar-refractivity contribution in [2.75, 3.05) is 0 Å². The van der Waals surface area contributed by atoms with Gasteiger partial charge in [0.25, 0.3) is 0 Å². The lowest BCUT2D eigenvalue weighted by atomic mass is 10.3. The summed E-state index contributed by atoms with van der Waals surface area (Å²) in [6.07, 6.45) is 3.21. The summed E-state index contributed by atoms with van der Waals surface area (Å²) in [4.78, 5) is 9.69. The molecule has 0 aliphatic heterocycles. The fourth-order valence-electron chi connectivity index (χ4n) is 0.269. The maximum Gasteiger partial charge on any atom is 0.100 e. The first-order valence-electron chi connectivity index (χ1n) is 2.52. The van der Waals surface area contributed by atoms with Gasteiger partial charge in [0.1, 0.15) is 5.70 Å². The maximum atomic E-state index is 9.69. The van der Waals surface area contributed by atoms with Gasteiger partial charge < -0.3 is 0 Å². The normalized spacial score (nSPS) is 9.44. The van der Waals surface area contributed by atoms with Gasteiger partial charge in [0.2, 0.25) is 0 Å². The quantitative estimate of drug-likeness (QED) is 0.418. The van der Waals surface area contributed by atoms with Gasteiger partial charge >= 0.3 is 0 Å². The molecular weight excluding hydrogens is 114 g/mol. The van der Waals surface area contributed by atoms with Gasteiger partial charge in [-0.05, 0) is 18.2 Å². The van der Waals surface area contributed by atoms with E-state index in [1.807, 2.05) is 6.92 Å². The van der Waals surface area contributed by atoms with Crippen LogP contribution >= 0.6 is 0 Å². The summed E-state index contributed by atoms with van der Waals surface area (Å²) in [7, 11) is 0. The molecule has 0 spiro atoms. The predicted octanol–water partition coefficient (Wildman–Crippen LogP) is 2.40. The Morgan fingerprint density at radius 3 is 2.33 bits per heavy atom. The number of nitrogens with zero attached hydrogens (tertiary/aromatic N) is 1. The van der Waals surface area contributed by atoms with E-state index < -0.39 is 0 Å². The molecule has 0 aliphatic carbocycles. The smallest absolute Gasteiger partial charge is 0.100 e. The predicted molar refractivity (Wildman–Crippen MR) is 38.9 cm³/mol. The Kier molecular flexibility index (Phi) is 3.28. The van der Waals surface area contributed by atoms with Crippen molar-refractivity contribution < 1.29 is 0 Å². The zero-order valence-corrected chi connectivity index (χ0v) is 5.42. The van der Waals surface area contributed by atoms with Crippen LogP contribution in [0.3, 0.4) is 0 Å². The van der Waals surface area contributed by atoms with Crippen molar-refractivity contribution in [2.24, 2.45) is 5.18 Å². The van der Waals surface area contributed by atoms with Gasteiger partial charge in [-0.15, -0.1) is 4.91 Å². The fraction of sp³-hybridized carbons (Fsp3) is 0.143. The van der Waals surface area contributed by atoms with Crippen molar-refractivity contribution in [3.05, 3.63) is 41.5 Å². The summed E-state index contributed by atoms with van der Waals surface area (Å²) in [5.74, 6) is 0. The van der Waals surface area contributed by atoms with E-state index >= 15 is 0 Å². The van der Waals surface area contributed by atoms with Crippen LogP contribution in [0.15, 0.2) is 41.8 Å². The van der Waals surface area contributed by atoms with Crippen molar-refractivity contribution in [1.82, 2.24) is 0 Å². The topological polar surface area (TPSA) is 29.4 Å². The average Bonchev–Trinajstić information content (AvgIpc) is 1.83. The first-order chi connectivity index (χ1) is 4.16. The lowest BCUT2D eigenvalue weighted by Gasteiger charge is -1.82. The molecule has 0 saturated heterocycles. The summed E-state index contributed by atoms with van der Waals surface area (Å²) < 4.78 is 0. The largest absolute Gasteiger partial charge is 0.145 e. The molecule has 48 valence electrons. The second-order valence-electron chi connectivity index (χ2n) is 1.76. The van der Waals surface area contributed by atoms with Crippen LogP contribution in [0, 0.1) is 4.91 Å². The van der Waals surface area contributed by atoms with Crippen molar-refractivity contribution >= 4 is 0 Å². The van der Waals surface area contributed by atoms with Gasteiger partial charge in [-0.25, -0.2) is 0 Å². The molecule has 0 atom stereocenters. The third kappa shape index (κ3) is 4.68. The average molecular weight is 123 g/mol. The van der Waals surface area contributed by atoms with E-state index in [4.69, 9.17) is 0 Å². The van der Waals surface area contributed by atoms with E-state index in [0.29, 0.717) is 0 Å². The lowest BCUT2D eigenvalue weighted by Crippen LogP contribution is -1.65. The molecule has 0 bridgehead atoms. The summed E-state index contributed by atoms with van der Waals surface area (Å²) >= 11 is 0. The number of nitroso groups, excluding NO2 is 1. The van der Waals surface area contributed by atoms with E-state index in [0.717, 1.165) is 5.57 Å². The second-order valence-corrected chi connectivity index (χ2v) is 1.76. The van der Waals surface area contributed by atoms with E-state index in [9.17, 15) is 4.91 Å². The zero-order chi connectivity index (χ0) is 7.28. The third-order valence-electron chi connectivity index (χ3n) is 0.677. The summed E-state index contributed by atoms with van der Waals surface area (Å²) in [6, 6.07) is 0. The Hall–Kier alpha value is -1.18. The Morgan fingerprint density at radius 2 is 2.00 bits per heavy atom. The number of allylic oxidation sites excluding steroid dienone is 3. The molecule has 0 amide bonds. The Labute approximate surface area is 54.6 Å². The molecule has 0 aliphatic rings. The highest BCUT2D eigenvalue weighted by atomic mass is 16.3. The summed E-state index contributed by atoms with van der Waals surface area (Å²) in [5, 5.41) is 2.59. The van der Waals surface area contributed by atoms with E-state index in [1.54, 1.807) is 6.08 Å². The van der Waals surface area contributed by atoms with Gasteiger partial charge in [-0.1, -0.05) is 24.8 Å². The SMILES string of the molecule is C=C(C)/C=C\C(=C)N=O. The van der Waals surface area contributed by atoms with Gasteiger partial charge in [-0.2, -0.15) is 0 Å². The molecular formula is C7H9NO. The molecule has 0 aromatic rings. The van der Waals surface area contributed by atoms with Crippen molar-refractivity contribution in [1.29, 1.82) is 0 Å². The van der Waals surface area contributed by atoms with Gasteiger partial charge in [0.15, 0.2) is 0 Å². The highest BCUT2D eigenvalue weighted by Crippen LogP contribution is 1.96. The van der Waals surface area contributed by atoms with Crippen molar-refractivity contribution in [3.8, 4) is 0 Å². The number of hydrogen-bond acceptors (Lipinski definition) is 2. The summed E-state index contributed by atoms with van der Waals surface area (Å²) in [5.41, 5.74) is 1.10. The van der Waals surface area contributed by atoms with Crippen molar-refractivity contribution in [3.63, 3.8) is 0 Å². The monoisotopic (exact) mass is 123 g/mol. The Bertz CT molecular complexity index is 168. The molecule has 0 aromatic heterocycles. The first-order valence-corrected chi connectivity index (χ1v) is 2.52. The van der Waals surface area contributed by atoms with Crippen LogP contribution in [0.2, 0.25) is 0 Å². The highest BCUT2D eigenvalue weighted by molar-refractivity contribution is 5.21. The molecule has 0 radical (unpaired) electrons. The van der Waals surface area contributed by atoms with E-state index in [2.05, 4.69) is 18.3 Å². The molecule has 0 unspecified atom stereocenters. The lowest BCUT2D eigenvalue weighted by molar-refractivity contribution is 1.40. The molecule has 0 aromatic carbocycles. The minimum absolute atomic E-state index is 0.220. The van der Waals surface area contributed by atoms with E-state index in [-0.39, 0.29) is 5.70 Å². The third-order valence-corrected chi connectivity index (χ3v) is 0.677. The molecule has 9 heavy (non-hydrogen) atoms. The van der Waals surface area contributed by atoms with Gasteiger partial charge in [-0.3, -0.25) is 0 Å². The number of hydrogen-bond donors (Lipinski definition) is 0. The minimum Gasteiger partial charge on any atom is -0.145 e. The van der Waals surface area contributed by atoms with Crippen LogP contribution in [0.5, 0.6) is 0 Å². The van der Waals surface area contributed by atoms with Crippen LogP contribution in [-0.2, 0) is 0 Å².